The summed E-state index contributed by atoms with van der Waals surface area (Å²) in [4.78, 5) is 16.4. The number of rotatable bonds is 3. The van der Waals surface area contributed by atoms with E-state index in [1.165, 1.54) is 0 Å². The molecule has 0 spiro atoms. The van der Waals surface area contributed by atoms with E-state index in [1.807, 2.05) is 13.0 Å². The Morgan fingerprint density at radius 2 is 2.15 bits per heavy atom. The van der Waals surface area contributed by atoms with Gasteiger partial charge in [0.25, 0.3) is 0 Å². The maximum atomic E-state index is 12.2. The minimum atomic E-state index is -0.170. The highest BCUT2D eigenvalue weighted by Gasteiger charge is 2.35. The highest BCUT2D eigenvalue weighted by Crippen LogP contribution is 2.40. The van der Waals surface area contributed by atoms with E-state index in [1.54, 1.807) is 30.5 Å². The van der Waals surface area contributed by atoms with E-state index in [9.17, 15) is 4.79 Å². The number of nitrogens with zero attached hydrogens (tertiary/aromatic N) is 1. The summed E-state index contributed by atoms with van der Waals surface area (Å²) in [6.45, 7) is 2.37. The molecule has 3 rings (SSSR count). The molecule has 5 heteroatoms. The summed E-state index contributed by atoms with van der Waals surface area (Å²) in [7, 11) is 0. The molecule has 0 fully saturated rings. The molecule has 1 N–H and O–H groups in total. The average Bonchev–Trinajstić information content (AvgIpc) is 2.75. The smallest absolute Gasteiger partial charge is 0.241 e. The lowest BCUT2D eigenvalue weighted by atomic mass is 9.93. The van der Waals surface area contributed by atoms with Crippen LogP contribution in [0.1, 0.15) is 18.1 Å². The van der Waals surface area contributed by atoms with Crippen LogP contribution in [0.2, 0.25) is 5.02 Å². The summed E-state index contributed by atoms with van der Waals surface area (Å²) in [5, 5.41) is 3.41. The molecule has 1 amide bonds. The fraction of sp³-hybridized carbons (Fsp3) is 0.133. The highest BCUT2D eigenvalue weighted by molar-refractivity contribution is 6.31. The molecule has 0 saturated carbocycles. The van der Waals surface area contributed by atoms with Gasteiger partial charge in [-0.05, 0) is 36.8 Å². The number of pyridine rings is 1. The number of hydrogen-bond acceptors (Lipinski definition) is 3. The first-order chi connectivity index (χ1) is 9.70. The van der Waals surface area contributed by atoms with Gasteiger partial charge in [-0.25, -0.2) is 4.98 Å². The van der Waals surface area contributed by atoms with Gasteiger partial charge in [0, 0.05) is 22.5 Å². The van der Waals surface area contributed by atoms with E-state index in [0.717, 1.165) is 11.3 Å². The molecule has 1 radical (unpaired) electrons. The van der Waals surface area contributed by atoms with Crippen molar-refractivity contribution < 1.29 is 9.53 Å². The van der Waals surface area contributed by atoms with Crippen LogP contribution in [0.4, 0.5) is 5.69 Å². The third-order valence-corrected chi connectivity index (χ3v) is 3.28. The summed E-state index contributed by atoms with van der Waals surface area (Å²) in [5.41, 5.74) is 2.20. The second-order valence-corrected chi connectivity index (χ2v) is 4.74. The average molecular weight is 288 g/mol. The van der Waals surface area contributed by atoms with Crippen molar-refractivity contribution in [2.75, 3.05) is 11.9 Å². The van der Waals surface area contributed by atoms with Crippen molar-refractivity contribution in [3.05, 3.63) is 58.6 Å². The van der Waals surface area contributed by atoms with Crippen molar-refractivity contribution in [1.82, 2.24) is 4.98 Å². The number of aromatic nitrogens is 1. The van der Waals surface area contributed by atoms with Crippen molar-refractivity contribution in [2.24, 2.45) is 0 Å². The number of carbonyl (C=O) groups excluding carboxylic acids is 1. The zero-order chi connectivity index (χ0) is 14.1. The normalized spacial score (nSPS) is 14.0. The minimum Gasteiger partial charge on any atom is -0.478 e. The van der Waals surface area contributed by atoms with Crippen LogP contribution in [0.25, 0.3) is 0 Å². The van der Waals surface area contributed by atoms with E-state index >= 15 is 0 Å². The van der Waals surface area contributed by atoms with Crippen LogP contribution in [0.3, 0.4) is 0 Å². The monoisotopic (exact) mass is 287 g/mol. The van der Waals surface area contributed by atoms with Gasteiger partial charge in [0.15, 0.2) is 0 Å². The molecule has 2 heterocycles. The standard InChI is InChI=1S/C15H12ClN2O2/c1-2-20-15-10(4-3-7-17-15)13-11-8-9(16)5-6-12(11)18-14(13)19/h3-8H,2H2,1H3,(H,18,19). The third kappa shape index (κ3) is 2.12. The van der Waals surface area contributed by atoms with Crippen LogP contribution in [-0.2, 0) is 4.79 Å². The Balaban J connectivity index is 2.12. The summed E-state index contributed by atoms with van der Waals surface area (Å²) in [6.07, 6.45) is 1.64. The number of hydrogen-bond donors (Lipinski definition) is 1. The van der Waals surface area contributed by atoms with Crippen molar-refractivity contribution >= 4 is 23.2 Å². The zero-order valence-electron chi connectivity index (χ0n) is 10.8. The SMILES string of the molecule is CCOc1ncccc1[C]1C(=O)Nc2ccc(Cl)cc21. The van der Waals surface area contributed by atoms with E-state index in [4.69, 9.17) is 16.3 Å². The van der Waals surface area contributed by atoms with Gasteiger partial charge in [0.2, 0.25) is 11.8 Å². The molecule has 2 aromatic rings. The van der Waals surface area contributed by atoms with Crippen molar-refractivity contribution in [3.63, 3.8) is 0 Å². The molecule has 0 aliphatic carbocycles. The van der Waals surface area contributed by atoms with Crippen LogP contribution in [0, 0.1) is 5.92 Å². The maximum Gasteiger partial charge on any atom is 0.241 e. The number of fused-ring (bicyclic) bond motifs is 1. The van der Waals surface area contributed by atoms with Gasteiger partial charge in [0.1, 0.15) is 5.92 Å². The van der Waals surface area contributed by atoms with Gasteiger partial charge in [-0.3, -0.25) is 4.79 Å². The van der Waals surface area contributed by atoms with Gasteiger partial charge >= 0.3 is 0 Å². The predicted molar refractivity (Wildman–Crippen MR) is 76.9 cm³/mol. The number of benzene rings is 1. The molecule has 0 bridgehead atoms. The second-order valence-electron chi connectivity index (χ2n) is 4.31. The van der Waals surface area contributed by atoms with Crippen molar-refractivity contribution in [2.45, 2.75) is 6.92 Å². The lowest BCUT2D eigenvalue weighted by molar-refractivity contribution is -0.113. The Kier molecular flexibility index (Phi) is 3.32. The molecule has 1 aromatic heterocycles. The summed E-state index contributed by atoms with van der Waals surface area (Å²) < 4.78 is 5.50. The van der Waals surface area contributed by atoms with Crippen LogP contribution < -0.4 is 10.1 Å². The number of carbonyl (C=O) groups is 1. The molecule has 101 valence electrons. The van der Waals surface area contributed by atoms with Gasteiger partial charge < -0.3 is 10.1 Å². The molecule has 1 aliphatic heterocycles. The molecular formula is C15H12ClN2O2. The Hall–Kier alpha value is -2.07. The fourth-order valence-electron chi connectivity index (χ4n) is 2.24. The lowest BCUT2D eigenvalue weighted by Gasteiger charge is -2.12. The molecule has 0 unspecified atom stereocenters. The Bertz CT molecular complexity index is 673. The number of halogens is 1. The van der Waals surface area contributed by atoms with Crippen LogP contribution in [-0.4, -0.2) is 17.5 Å². The number of ether oxygens (including phenoxy) is 1. The van der Waals surface area contributed by atoms with Crippen molar-refractivity contribution in [1.29, 1.82) is 0 Å². The van der Waals surface area contributed by atoms with E-state index in [2.05, 4.69) is 10.3 Å². The largest absolute Gasteiger partial charge is 0.478 e. The quantitative estimate of drug-likeness (QED) is 0.944. The fourth-order valence-corrected chi connectivity index (χ4v) is 2.41. The number of amides is 1. The minimum absolute atomic E-state index is 0.170. The zero-order valence-corrected chi connectivity index (χ0v) is 11.6. The Morgan fingerprint density at radius 1 is 1.30 bits per heavy atom. The molecule has 0 atom stereocenters. The lowest BCUT2D eigenvalue weighted by Crippen LogP contribution is -2.15. The van der Waals surface area contributed by atoms with Crippen LogP contribution >= 0.6 is 11.6 Å². The summed E-state index contributed by atoms with van der Waals surface area (Å²) in [5.74, 6) is 0.822. The third-order valence-electron chi connectivity index (χ3n) is 3.05. The molecule has 20 heavy (non-hydrogen) atoms. The van der Waals surface area contributed by atoms with Crippen molar-refractivity contribution in [3.8, 4) is 5.88 Å². The highest BCUT2D eigenvalue weighted by atomic mass is 35.5. The van der Waals surface area contributed by atoms with Gasteiger partial charge in [-0.1, -0.05) is 17.7 Å². The topological polar surface area (TPSA) is 51.2 Å². The molecule has 1 aromatic carbocycles. The maximum absolute atomic E-state index is 12.2. The number of anilines is 1. The second kappa shape index (κ2) is 5.13. The Labute approximate surface area is 121 Å². The first-order valence-corrected chi connectivity index (χ1v) is 6.65. The first kappa shape index (κ1) is 12.9. The summed E-state index contributed by atoms with van der Waals surface area (Å²) >= 11 is 6.03. The number of nitrogens with one attached hydrogen (secondary N) is 1. The molecule has 1 aliphatic rings. The van der Waals surface area contributed by atoms with E-state index < -0.39 is 0 Å². The molecule has 4 nitrogen and oxygen atoms in total. The summed E-state index contributed by atoms with van der Waals surface area (Å²) in [6, 6.07) is 8.91. The van der Waals surface area contributed by atoms with Gasteiger partial charge in [0.05, 0.1) is 6.61 Å². The van der Waals surface area contributed by atoms with Gasteiger partial charge in [-0.2, -0.15) is 0 Å². The molecular weight excluding hydrogens is 276 g/mol. The first-order valence-electron chi connectivity index (χ1n) is 6.27. The predicted octanol–water partition coefficient (Wildman–Crippen LogP) is 3.06. The van der Waals surface area contributed by atoms with E-state index in [-0.39, 0.29) is 5.91 Å². The van der Waals surface area contributed by atoms with Crippen LogP contribution in [0.15, 0.2) is 36.5 Å². The van der Waals surface area contributed by atoms with Gasteiger partial charge in [-0.15, -0.1) is 0 Å². The molecule has 0 saturated heterocycles. The van der Waals surface area contributed by atoms with Crippen LogP contribution in [0.5, 0.6) is 5.88 Å². The van der Waals surface area contributed by atoms with E-state index in [0.29, 0.717) is 29.0 Å². The Morgan fingerprint density at radius 3 is 2.95 bits per heavy atom.